The van der Waals surface area contributed by atoms with Crippen LogP contribution in [0.4, 0.5) is 22.0 Å². The lowest BCUT2D eigenvalue weighted by atomic mass is 10.1. The maximum absolute atomic E-state index is 14.4. The highest BCUT2D eigenvalue weighted by Gasteiger charge is 2.34. The van der Waals surface area contributed by atoms with Gasteiger partial charge in [0.2, 0.25) is 5.88 Å². The average Bonchev–Trinajstić information content (AvgIpc) is 2.73. The Labute approximate surface area is 176 Å². The average molecular weight is 453 g/mol. The zero-order chi connectivity index (χ0) is 23.5. The molecule has 0 unspecified atom stereocenters. The molecule has 12 heteroatoms. The molecule has 0 amide bonds. The molecule has 0 aliphatic heterocycles. The van der Waals surface area contributed by atoms with Crippen LogP contribution in [0.15, 0.2) is 41.2 Å². The van der Waals surface area contributed by atoms with E-state index in [4.69, 9.17) is 19.5 Å². The van der Waals surface area contributed by atoms with E-state index in [-0.39, 0.29) is 23.9 Å². The maximum Gasteiger partial charge on any atom is 0.417 e. The topological polar surface area (TPSA) is 97.2 Å². The van der Waals surface area contributed by atoms with Crippen molar-refractivity contribution in [2.24, 2.45) is 0 Å². The summed E-state index contributed by atoms with van der Waals surface area (Å²) < 4.78 is 83.0. The van der Waals surface area contributed by atoms with Crippen LogP contribution in [0.3, 0.4) is 0 Å². The summed E-state index contributed by atoms with van der Waals surface area (Å²) in [6, 6.07) is 6.61. The highest BCUT2D eigenvalue weighted by atomic mass is 19.4. The Kier molecular flexibility index (Phi) is 6.29. The van der Waals surface area contributed by atoms with Crippen molar-refractivity contribution in [3.63, 3.8) is 0 Å². The minimum atomic E-state index is -4.86. The van der Waals surface area contributed by atoms with E-state index in [1.807, 2.05) is 0 Å². The van der Waals surface area contributed by atoms with Crippen molar-refractivity contribution in [2.45, 2.75) is 12.8 Å². The van der Waals surface area contributed by atoms with E-state index in [2.05, 4.69) is 9.97 Å². The zero-order valence-corrected chi connectivity index (χ0v) is 16.1. The lowest BCUT2D eigenvalue weighted by Gasteiger charge is -2.13. The summed E-state index contributed by atoms with van der Waals surface area (Å²) in [5.74, 6) is -3.98. The van der Waals surface area contributed by atoms with E-state index in [1.165, 1.54) is 19.2 Å². The molecule has 1 aromatic heterocycles. The number of alkyl halides is 3. The first-order chi connectivity index (χ1) is 15.1. The van der Waals surface area contributed by atoms with Gasteiger partial charge in [0.1, 0.15) is 12.4 Å². The van der Waals surface area contributed by atoms with E-state index in [0.29, 0.717) is 6.07 Å². The van der Waals surface area contributed by atoms with Crippen molar-refractivity contribution in [3.8, 4) is 29.3 Å². The van der Waals surface area contributed by atoms with Gasteiger partial charge in [0.15, 0.2) is 23.3 Å². The molecule has 0 aliphatic rings. The molecule has 0 aliphatic carbocycles. The lowest BCUT2D eigenvalue weighted by Crippen LogP contribution is -2.13. The quantitative estimate of drug-likeness (QED) is 0.559. The van der Waals surface area contributed by atoms with Gasteiger partial charge in [-0.3, -0.25) is 4.98 Å². The van der Waals surface area contributed by atoms with Gasteiger partial charge in [-0.1, -0.05) is 0 Å². The van der Waals surface area contributed by atoms with Crippen molar-refractivity contribution in [1.82, 2.24) is 9.97 Å². The summed E-state index contributed by atoms with van der Waals surface area (Å²) >= 11 is 0. The minimum absolute atomic E-state index is 0.00999. The molecule has 0 bridgehead atoms. The Morgan fingerprint density at radius 2 is 1.81 bits per heavy atom. The van der Waals surface area contributed by atoms with Gasteiger partial charge in [0.25, 0.3) is 0 Å². The number of methoxy groups -OCH3 is 1. The van der Waals surface area contributed by atoms with Gasteiger partial charge < -0.3 is 14.2 Å². The van der Waals surface area contributed by atoms with Crippen molar-refractivity contribution in [1.29, 1.82) is 5.26 Å². The number of H-pyrrole nitrogens is 1. The van der Waals surface area contributed by atoms with E-state index in [0.717, 1.165) is 24.3 Å². The van der Waals surface area contributed by atoms with Crippen molar-refractivity contribution in [3.05, 3.63) is 75.2 Å². The first-order valence-electron chi connectivity index (χ1n) is 8.66. The minimum Gasteiger partial charge on any atom is -0.482 e. The molecule has 1 N–H and O–H groups in total. The van der Waals surface area contributed by atoms with Crippen LogP contribution in [0.1, 0.15) is 16.7 Å². The second-order valence-corrected chi connectivity index (χ2v) is 6.19. The Morgan fingerprint density at radius 3 is 2.41 bits per heavy atom. The molecule has 0 saturated heterocycles. The highest BCUT2D eigenvalue weighted by Crippen LogP contribution is 2.36. The smallest absolute Gasteiger partial charge is 0.417 e. The predicted octanol–water partition coefficient (Wildman–Crippen LogP) is 4.32. The molecule has 1 heterocycles. The van der Waals surface area contributed by atoms with Crippen LogP contribution in [0.25, 0.3) is 0 Å². The molecule has 7 nitrogen and oxygen atoms in total. The number of benzene rings is 2. The van der Waals surface area contributed by atoms with Gasteiger partial charge >= 0.3 is 11.9 Å². The molecule has 3 aromatic rings. The summed E-state index contributed by atoms with van der Waals surface area (Å²) in [6.07, 6.45) is -4.86. The number of aromatic nitrogens is 2. The molecular weight excluding hydrogens is 441 g/mol. The van der Waals surface area contributed by atoms with Crippen molar-refractivity contribution in [2.75, 3.05) is 7.11 Å². The molecule has 3 rings (SSSR count). The van der Waals surface area contributed by atoms with E-state index in [9.17, 15) is 26.7 Å². The van der Waals surface area contributed by atoms with Crippen LogP contribution >= 0.6 is 0 Å². The number of hydrogen-bond acceptors (Lipinski definition) is 6. The fourth-order valence-corrected chi connectivity index (χ4v) is 2.59. The first-order valence-corrected chi connectivity index (χ1v) is 8.66. The number of nitrogens with one attached hydrogen (secondary N) is 1. The molecule has 166 valence electrons. The largest absolute Gasteiger partial charge is 0.482 e. The third-order valence-corrected chi connectivity index (χ3v) is 4.00. The summed E-state index contributed by atoms with van der Waals surface area (Å²) in [6.45, 7) is -0.386. The molecule has 32 heavy (non-hydrogen) atoms. The van der Waals surface area contributed by atoms with Gasteiger partial charge in [-0.15, -0.1) is 0 Å². The molecule has 2 aromatic carbocycles. The van der Waals surface area contributed by atoms with Gasteiger partial charge in [0.05, 0.1) is 30.4 Å². The molecular formula is C20H12F5N3O4. The fourth-order valence-electron chi connectivity index (χ4n) is 2.59. The van der Waals surface area contributed by atoms with Crippen LogP contribution in [0.5, 0.6) is 23.3 Å². The van der Waals surface area contributed by atoms with Crippen LogP contribution < -0.4 is 19.9 Å². The van der Waals surface area contributed by atoms with Crippen LogP contribution in [0.2, 0.25) is 0 Å². The van der Waals surface area contributed by atoms with Crippen LogP contribution in [-0.2, 0) is 12.8 Å². The lowest BCUT2D eigenvalue weighted by molar-refractivity contribution is -0.137. The molecule has 0 fully saturated rings. The third kappa shape index (κ3) is 5.12. The number of rotatable bonds is 6. The summed E-state index contributed by atoms with van der Waals surface area (Å²) in [4.78, 5) is 17.2. The highest BCUT2D eigenvalue weighted by molar-refractivity contribution is 5.46. The van der Waals surface area contributed by atoms with Crippen LogP contribution in [-0.4, -0.2) is 17.1 Å². The van der Waals surface area contributed by atoms with E-state index >= 15 is 0 Å². The van der Waals surface area contributed by atoms with Gasteiger partial charge in [0, 0.05) is 0 Å². The SMILES string of the molecule is COc1cc(OCc2cc(F)c(Oc3ccc(C#N)c(C(F)(F)F)c3)c(F)c2)nc(=O)[nH]1. The van der Waals surface area contributed by atoms with Crippen LogP contribution in [0, 0.1) is 23.0 Å². The fraction of sp³-hybridized carbons (Fsp3) is 0.150. The van der Waals surface area contributed by atoms with E-state index < -0.39 is 46.1 Å². The Bertz CT molecular complexity index is 1230. The molecule has 0 saturated carbocycles. The second-order valence-electron chi connectivity index (χ2n) is 6.19. The van der Waals surface area contributed by atoms with E-state index in [1.54, 1.807) is 0 Å². The first kappa shape index (κ1) is 22.5. The summed E-state index contributed by atoms with van der Waals surface area (Å²) in [5.41, 5.74) is -2.74. The summed E-state index contributed by atoms with van der Waals surface area (Å²) in [7, 11) is 1.30. The van der Waals surface area contributed by atoms with Crippen molar-refractivity contribution >= 4 is 0 Å². The number of hydrogen-bond donors (Lipinski definition) is 1. The van der Waals surface area contributed by atoms with Gasteiger partial charge in [-0.05, 0) is 35.9 Å². The van der Waals surface area contributed by atoms with Gasteiger partial charge in [-0.2, -0.15) is 23.4 Å². The number of ether oxygens (including phenoxy) is 3. The Balaban J connectivity index is 1.82. The normalized spacial score (nSPS) is 11.0. The molecule has 0 spiro atoms. The number of aromatic amines is 1. The van der Waals surface area contributed by atoms with Gasteiger partial charge in [-0.25, -0.2) is 13.6 Å². The second kappa shape index (κ2) is 8.93. The Hall–Kier alpha value is -4.14. The summed E-state index contributed by atoms with van der Waals surface area (Å²) in [5, 5.41) is 8.81. The predicted molar refractivity (Wildman–Crippen MR) is 98.3 cm³/mol. The molecule has 0 radical (unpaired) electrons. The maximum atomic E-state index is 14.4. The number of halogens is 5. The third-order valence-electron chi connectivity index (χ3n) is 4.00. The Morgan fingerprint density at radius 1 is 1.12 bits per heavy atom. The monoisotopic (exact) mass is 453 g/mol. The molecule has 0 atom stereocenters. The van der Waals surface area contributed by atoms with Crippen molar-refractivity contribution < 1.29 is 36.2 Å². The number of nitrogens with zero attached hydrogens (tertiary/aromatic N) is 2. The number of nitriles is 1. The zero-order valence-electron chi connectivity index (χ0n) is 16.1. The standard InChI is InChI=1S/C20H12F5N3O4/c1-30-16-7-17(28-19(29)27-16)31-9-10-4-14(21)18(15(22)5-10)32-12-3-2-11(8-26)13(6-12)20(23,24)25/h2-7H,9H2,1H3,(H,27,28,29).